The Morgan fingerprint density at radius 2 is 1.94 bits per heavy atom. The Balaban J connectivity index is 1.74. The van der Waals surface area contributed by atoms with Crippen molar-refractivity contribution >= 4 is 45.7 Å². The molecule has 0 fully saturated rings. The van der Waals surface area contributed by atoms with E-state index >= 15 is 0 Å². The van der Waals surface area contributed by atoms with Crippen LogP contribution in [0.25, 0.3) is 38.9 Å². The van der Waals surface area contributed by atoms with E-state index in [2.05, 4.69) is 16.2 Å². The summed E-state index contributed by atoms with van der Waals surface area (Å²) in [6.45, 7) is 0.506. The van der Waals surface area contributed by atoms with Crippen molar-refractivity contribution in [1.82, 2.24) is 24.1 Å². The van der Waals surface area contributed by atoms with Crippen molar-refractivity contribution in [2.24, 2.45) is 5.73 Å². The first kappa shape index (κ1) is 20.9. The lowest BCUT2D eigenvalue weighted by Crippen LogP contribution is -2.15. The minimum atomic E-state index is -0.657. The first-order valence-electron chi connectivity index (χ1n) is 9.92. The number of halogens is 2. The Kier molecular flexibility index (Phi) is 5.21. The highest BCUT2D eigenvalue weighted by molar-refractivity contribution is 6.39. The van der Waals surface area contributed by atoms with Crippen molar-refractivity contribution in [3.8, 4) is 28.5 Å². The number of nitrogens with two attached hydrogens (primary N) is 1. The number of carbonyl (C=O) groups excluding carboxylic acids is 1. The molecule has 0 aliphatic heterocycles. The lowest BCUT2D eigenvalue weighted by atomic mass is 10.1. The molecule has 0 saturated heterocycles. The van der Waals surface area contributed by atoms with Gasteiger partial charge in [0.25, 0.3) is 5.91 Å². The maximum absolute atomic E-state index is 12.4. The van der Waals surface area contributed by atoms with Crippen LogP contribution < -0.4 is 5.73 Å². The molecular weight excluding hydrogens is 461 g/mol. The second kappa shape index (κ2) is 8.20. The molecule has 33 heavy (non-hydrogen) atoms. The maximum atomic E-state index is 12.4. The molecule has 8 nitrogen and oxygen atoms in total. The maximum Gasteiger partial charge on any atom is 0.268 e. The van der Waals surface area contributed by atoms with Gasteiger partial charge in [0.2, 0.25) is 0 Å². The quantitative estimate of drug-likeness (QED) is 0.394. The van der Waals surface area contributed by atoms with Gasteiger partial charge in [0.1, 0.15) is 17.0 Å². The van der Waals surface area contributed by atoms with Gasteiger partial charge in [-0.3, -0.25) is 18.9 Å². The number of imidazole rings is 1. The fourth-order valence-corrected chi connectivity index (χ4v) is 4.37. The number of fused-ring (bicyclic) bond motifs is 3. The second-order valence-corrected chi connectivity index (χ2v) is 8.15. The van der Waals surface area contributed by atoms with Gasteiger partial charge < -0.3 is 5.73 Å². The van der Waals surface area contributed by atoms with Crippen molar-refractivity contribution in [3.63, 3.8) is 0 Å². The zero-order chi connectivity index (χ0) is 23.1. The number of rotatable bonds is 5. The summed E-state index contributed by atoms with van der Waals surface area (Å²) in [6, 6.07) is 10.9. The van der Waals surface area contributed by atoms with Gasteiger partial charge in [-0.25, -0.2) is 4.98 Å². The molecule has 5 aromatic rings. The van der Waals surface area contributed by atoms with Crippen LogP contribution in [-0.2, 0) is 6.54 Å². The standard InChI is InChI=1S/C23H15Cl2N7O/c24-16-3-1-4-17(25)19(16)20-21(22(27)33)32-8-5-18-15(23(32)30-20)9-13(10-28-18)14-11-29-31(12-14)7-2-6-26/h1,3-5,8-12H,2,7H2,(H2,27,33). The fraction of sp³-hybridized carbons (Fsp3) is 0.0870. The van der Waals surface area contributed by atoms with Gasteiger partial charge in [-0.15, -0.1) is 0 Å². The Bertz CT molecular complexity index is 1580. The van der Waals surface area contributed by atoms with E-state index in [0.29, 0.717) is 45.4 Å². The number of aromatic nitrogens is 5. The molecule has 5 rings (SSSR count). The summed E-state index contributed by atoms with van der Waals surface area (Å²) in [7, 11) is 0. The number of nitriles is 1. The first-order valence-corrected chi connectivity index (χ1v) is 10.7. The predicted molar refractivity (Wildman–Crippen MR) is 126 cm³/mol. The molecule has 2 N–H and O–H groups in total. The molecule has 1 amide bonds. The van der Waals surface area contributed by atoms with Gasteiger partial charge in [0, 0.05) is 40.7 Å². The van der Waals surface area contributed by atoms with E-state index in [1.165, 1.54) is 0 Å². The number of aryl methyl sites for hydroxylation is 1. The number of pyridine rings is 2. The van der Waals surface area contributed by atoms with Crippen LogP contribution in [0.5, 0.6) is 0 Å². The second-order valence-electron chi connectivity index (χ2n) is 7.34. The largest absolute Gasteiger partial charge is 0.364 e. The average Bonchev–Trinajstić information content (AvgIpc) is 3.42. The van der Waals surface area contributed by atoms with Crippen LogP contribution in [0, 0.1) is 11.3 Å². The number of benzene rings is 1. The number of carbonyl (C=O) groups is 1. The summed E-state index contributed by atoms with van der Waals surface area (Å²) < 4.78 is 3.34. The number of hydrogen-bond donors (Lipinski definition) is 1. The van der Waals surface area contributed by atoms with E-state index in [-0.39, 0.29) is 5.69 Å². The van der Waals surface area contributed by atoms with Crippen LogP contribution in [0.3, 0.4) is 0 Å². The third-order valence-electron chi connectivity index (χ3n) is 5.30. The smallest absolute Gasteiger partial charge is 0.268 e. The summed E-state index contributed by atoms with van der Waals surface area (Å²) in [5, 5.41) is 14.5. The van der Waals surface area contributed by atoms with Crippen molar-refractivity contribution < 1.29 is 4.79 Å². The highest BCUT2D eigenvalue weighted by atomic mass is 35.5. The van der Waals surface area contributed by atoms with Gasteiger partial charge in [-0.1, -0.05) is 29.3 Å². The summed E-state index contributed by atoms with van der Waals surface area (Å²) >= 11 is 12.8. The Hall–Kier alpha value is -3.93. The Morgan fingerprint density at radius 1 is 1.15 bits per heavy atom. The number of hydrogen-bond acceptors (Lipinski definition) is 5. The van der Waals surface area contributed by atoms with Crippen molar-refractivity contribution in [3.05, 3.63) is 70.9 Å². The first-order chi connectivity index (χ1) is 16.0. The van der Waals surface area contributed by atoms with Gasteiger partial charge in [-0.2, -0.15) is 10.4 Å². The molecule has 0 bridgehead atoms. The van der Waals surface area contributed by atoms with Gasteiger partial charge in [0.15, 0.2) is 0 Å². The molecule has 162 valence electrons. The van der Waals surface area contributed by atoms with E-state index in [9.17, 15) is 4.79 Å². The minimum Gasteiger partial charge on any atom is -0.364 e. The average molecular weight is 476 g/mol. The summed E-state index contributed by atoms with van der Waals surface area (Å²) in [6.07, 6.45) is 7.39. The van der Waals surface area contributed by atoms with Gasteiger partial charge in [-0.05, 0) is 24.3 Å². The van der Waals surface area contributed by atoms with Crippen LogP contribution in [0.15, 0.2) is 55.1 Å². The summed E-state index contributed by atoms with van der Waals surface area (Å²) in [4.78, 5) is 21.7. The third-order valence-corrected chi connectivity index (χ3v) is 5.93. The van der Waals surface area contributed by atoms with Gasteiger partial charge >= 0.3 is 0 Å². The molecule has 0 spiro atoms. The number of primary amides is 1. The van der Waals surface area contributed by atoms with Crippen molar-refractivity contribution in [2.45, 2.75) is 13.0 Å². The van der Waals surface area contributed by atoms with Crippen LogP contribution in [-0.4, -0.2) is 30.1 Å². The Morgan fingerprint density at radius 3 is 2.67 bits per heavy atom. The molecule has 1 aromatic carbocycles. The SMILES string of the molecule is N#CCCn1cc(-c2cnc3ccn4c(C(N)=O)c(-c5c(Cl)cccc5Cl)nc4c3c2)cn1. The molecule has 10 heteroatoms. The van der Waals surface area contributed by atoms with Crippen molar-refractivity contribution in [2.75, 3.05) is 0 Å². The monoisotopic (exact) mass is 475 g/mol. The van der Waals surface area contributed by atoms with Crippen LogP contribution >= 0.6 is 23.2 Å². The predicted octanol–water partition coefficient (Wildman–Crippen LogP) is 4.73. The highest BCUT2D eigenvalue weighted by Gasteiger charge is 2.23. The van der Waals surface area contributed by atoms with Crippen LogP contribution in [0.1, 0.15) is 16.9 Å². The molecule has 0 radical (unpaired) electrons. The van der Waals surface area contributed by atoms with E-state index < -0.39 is 5.91 Å². The zero-order valence-electron chi connectivity index (χ0n) is 17.0. The molecule has 0 aliphatic rings. The fourth-order valence-electron chi connectivity index (χ4n) is 3.79. The van der Waals surface area contributed by atoms with E-state index in [0.717, 1.165) is 16.5 Å². The van der Waals surface area contributed by atoms with E-state index in [1.807, 2.05) is 12.3 Å². The van der Waals surface area contributed by atoms with E-state index in [1.54, 1.807) is 51.9 Å². The number of nitrogens with zero attached hydrogens (tertiary/aromatic N) is 6. The lowest BCUT2D eigenvalue weighted by molar-refractivity contribution is 0.0995. The lowest BCUT2D eigenvalue weighted by Gasteiger charge is -2.06. The molecule has 0 unspecified atom stereocenters. The van der Waals surface area contributed by atoms with E-state index in [4.69, 9.17) is 39.2 Å². The molecule has 0 atom stereocenters. The summed E-state index contributed by atoms with van der Waals surface area (Å²) in [5.74, 6) is -0.657. The van der Waals surface area contributed by atoms with Crippen LogP contribution in [0.4, 0.5) is 0 Å². The molecule has 0 saturated carbocycles. The Labute approximate surface area is 197 Å². The zero-order valence-corrected chi connectivity index (χ0v) is 18.5. The third kappa shape index (κ3) is 3.57. The molecular formula is C23H15Cl2N7O. The van der Waals surface area contributed by atoms with Crippen LogP contribution in [0.2, 0.25) is 10.0 Å². The molecule has 4 heterocycles. The van der Waals surface area contributed by atoms with Gasteiger partial charge in [0.05, 0.1) is 40.8 Å². The molecule has 0 aliphatic carbocycles. The normalized spacial score (nSPS) is 11.2. The summed E-state index contributed by atoms with van der Waals surface area (Å²) in [5.41, 5.74) is 9.52. The minimum absolute atomic E-state index is 0.177. The highest BCUT2D eigenvalue weighted by Crippen LogP contribution is 2.37. The topological polar surface area (TPSA) is 115 Å². The molecule has 4 aromatic heterocycles. The van der Waals surface area contributed by atoms with Crippen molar-refractivity contribution in [1.29, 1.82) is 5.26 Å². The number of amides is 1.